The number of thiophene rings is 1. The van der Waals surface area contributed by atoms with Crippen molar-refractivity contribution in [1.82, 2.24) is 9.88 Å². The van der Waals surface area contributed by atoms with Crippen LogP contribution in [0.25, 0.3) is 0 Å². The molecular formula is C19H26N2O2S. The Bertz CT molecular complexity index is 720. The summed E-state index contributed by atoms with van der Waals surface area (Å²) in [5.74, 6) is -0.0212. The Hall–Kier alpha value is -1.59. The Morgan fingerprint density at radius 2 is 2.29 bits per heavy atom. The molecule has 1 saturated carbocycles. The van der Waals surface area contributed by atoms with Gasteiger partial charge in [0.05, 0.1) is 18.7 Å². The maximum absolute atomic E-state index is 12.8. The van der Waals surface area contributed by atoms with Crippen LogP contribution in [0.2, 0.25) is 0 Å². The van der Waals surface area contributed by atoms with Gasteiger partial charge in [-0.3, -0.25) is 4.79 Å². The number of carbonyl (C=O) groups is 1. The van der Waals surface area contributed by atoms with E-state index in [9.17, 15) is 9.90 Å². The van der Waals surface area contributed by atoms with Crippen molar-refractivity contribution >= 4 is 17.2 Å². The van der Waals surface area contributed by atoms with Gasteiger partial charge in [0.25, 0.3) is 5.91 Å². The predicted octanol–water partition coefficient (Wildman–Crippen LogP) is 3.50. The van der Waals surface area contributed by atoms with Crippen molar-refractivity contribution in [2.45, 2.75) is 52.6 Å². The van der Waals surface area contributed by atoms with Crippen LogP contribution in [0.5, 0.6) is 0 Å². The molecule has 3 rings (SSSR count). The molecule has 0 spiro atoms. The third-order valence-corrected chi connectivity index (χ3v) is 6.32. The molecule has 4 nitrogen and oxygen atoms in total. The summed E-state index contributed by atoms with van der Waals surface area (Å²) >= 11 is 1.73. The van der Waals surface area contributed by atoms with Crippen LogP contribution in [0.3, 0.4) is 0 Å². The van der Waals surface area contributed by atoms with Gasteiger partial charge in [-0.1, -0.05) is 19.4 Å². The molecule has 0 aromatic carbocycles. The summed E-state index contributed by atoms with van der Waals surface area (Å²) in [6.07, 6.45) is 2.96. The van der Waals surface area contributed by atoms with Gasteiger partial charge in [0.1, 0.15) is 0 Å². The average molecular weight is 346 g/mol. The van der Waals surface area contributed by atoms with E-state index in [4.69, 9.17) is 0 Å². The van der Waals surface area contributed by atoms with Gasteiger partial charge in [0, 0.05) is 27.7 Å². The molecule has 0 aliphatic heterocycles. The van der Waals surface area contributed by atoms with Crippen LogP contribution in [0.4, 0.5) is 0 Å². The summed E-state index contributed by atoms with van der Waals surface area (Å²) in [4.78, 5) is 14.1. The van der Waals surface area contributed by atoms with Crippen LogP contribution in [0, 0.1) is 19.3 Å². The highest BCUT2D eigenvalue weighted by atomic mass is 32.1. The summed E-state index contributed by atoms with van der Waals surface area (Å²) in [5.41, 5.74) is 2.65. The van der Waals surface area contributed by atoms with E-state index in [1.807, 2.05) is 19.9 Å². The lowest BCUT2D eigenvalue weighted by molar-refractivity contribution is 0.0830. The molecule has 2 heterocycles. The van der Waals surface area contributed by atoms with Crippen LogP contribution in [0.1, 0.15) is 52.8 Å². The van der Waals surface area contributed by atoms with Crippen molar-refractivity contribution in [2.24, 2.45) is 5.41 Å². The maximum Gasteiger partial charge on any atom is 0.253 e. The Morgan fingerprint density at radius 1 is 1.50 bits per heavy atom. The first kappa shape index (κ1) is 17.2. The first-order valence-electron chi connectivity index (χ1n) is 8.55. The summed E-state index contributed by atoms with van der Waals surface area (Å²) in [5, 5.41) is 14.9. The molecule has 0 bridgehead atoms. The number of rotatable bonds is 5. The molecule has 0 saturated heterocycles. The largest absolute Gasteiger partial charge is 0.396 e. The standard InChI is InChI=1S/C19H26N2O2S/c1-13-10-16(14(2)21(13)11-15-6-5-9-24-15)18(23)20-17-7-4-8-19(17,3)12-22/h5-6,9-10,17,22H,4,7-8,11-12H2,1-3H3,(H,20,23). The quantitative estimate of drug-likeness (QED) is 0.871. The number of carbonyl (C=O) groups excluding carboxylic acids is 1. The number of hydrogen-bond donors (Lipinski definition) is 2. The van der Waals surface area contributed by atoms with Gasteiger partial charge in [0.15, 0.2) is 0 Å². The fourth-order valence-electron chi connectivity index (χ4n) is 3.74. The zero-order valence-electron chi connectivity index (χ0n) is 14.6. The van der Waals surface area contributed by atoms with Gasteiger partial charge in [-0.2, -0.15) is 0 Å². The van der Waals surface area contributed by atoms with Gasteiger partial charge in [-0.15, -0.1) is 11.3 Å². The summed E-state index contributed by atoms with van der Waals surface area (Å²) < 4.78 is 2.20. The number of nitrogens with one attached hydrogen (secondary N) is 1. The molecule has 130 valence electrons. The fraction of sp³-hybridized carbons (Fsp3) is 0.526. The molecular weight excluding hydrogens is 320 g/mol. The number of aliphatic hydroxyl groups excluding tert-OH is 1. The topological polar surface area (TPSA) is 54.3 Å². The van der Waals surface area contributed by atoms with Crippen molar-refractivity contribution in [3.05, 3.63) is 45.4 Å². The molecule has 0 radical (unpaired) electrons. The molecule has 2 N–H and O–H groups in total. The zero-order chi connectivity index (χ0) is 17.3. The number of aryl methyl sites for hydroxylation is 1. The smallest absolute Gasteiger partial charge is 0.253 e. The molecule has 1 amide bonds. The van der Waals surface area contributed by atoms with Crippen LogP contribution in [0.15, 0.2) is 23.6 Å². The molecule has 2 unspecified atom stereocenters. The maximum atomic E-state index is 12.8. The third kappa shape index (κ3) is 3.15. The monoisotopic (exact) mass is 346 g/mol. The van der Waals surface area contributed by atoms with E-state index in [0.29, 0.717) is 0 Å². The highest BCUT2D eigenvalue weighted by Crippen LogP contribution is 2.37. The van der Waals surface area contributed by atoms with Crippen LogP contribution >= 0.6 is 11.3 Å². The summed E-state index contributed by atoms with van der Waals surface area (Å²) in [6.45, 7) is 7.04. The van der Waals surface area contributed by atoms with Crippen LogP contribution in [-0.2, 0) is 6.54 Å². The van der Waals surface area contributed by atoms with Gasteiger partial charge >= 0.3 is 0 Å². The molecule has 2 atom stereocenters. The lowest BCUT2D eigenvalue weighted by Crippen LogP contribution is -2.44. The predicted molar refractivity (Wildman–Crippen MR) is 97.6 cm³/mol. The fourth-order valence-corrected chi connectivity index (χ4v) is 4.43. The van der Waals surface area contributed by atoms with Crippen LogP contribution < -0.4 is 5.32 Å². The Kier molecular flexibility index (Phi) is 4.83. The molecule has 24 heavy (non-hydrogen) atoms. The van der Waals surface area contributed by atoms with Crippen molar-refractivity contribution in [3.8, 4) is 0 Å². The van der Waals surface area contributed by atoms with E-state index in [0.717, 1.165) is 42.8 Å². The van der Waals surface area contributed by atoms with Gasteiger partial charge < -0.3 is 15.0 Å². The minimum atomic E-state index is -0.196. The number of amides is 1. The molecule has 1 fully saturated rings. The lowest BCUT2D eigenvalue weighted by atomic mass is 9.85. The van der Waals surface area contributed by atoms with Crippen molar-refractivity contribution in [1.29, 1.82) is 0 Å². The third-order valence-electron chi connectivity index (χ3n) is 5.46. The summed E-state index contributed by atoms with van der Waals surface area (Å²) in [6, 6.07) is 6.20. The SMILES string of the molecule is Cc1cc(C(=O)NC2CCCC2(C)CO)c(C)n1Cc1cccs1. The first-order valence-corrected chi connectivity index (χ1v) is 9.43. The minimum Gasteiger partial charge on any atom is -0.396 e. The number of aliphatic hydroxyl groups is 1. The van der Waals surface area contributed by atoms with E-state index < -0.39 is 0 Å². The van der Waals surface area contributed by atoms with E-state index in [2.05, 4.69) is 34.3 Å². The van der Waals surface area contributed by atoms with E-state index >= 15 is 0 Å². The molecule has 5 heteroatoms. The number of aromatic nitrogens is 1. The second kappa shape index (κ2) is 6.73. The highest BCUT2D eigenvalue weighted by molar-refractivity contribution is 7.09. The minimum absolute atomic E-state index is 0.0212. The normalized spacial score (nSPS) is 23.6. The molecule has 2 aromatic rings. The second-order valence-electron chi connectivity index (χ2n) is 7.18. The van der Waals surface area contributed by atoms with E-state index in [1.54, 1.807) is 11.3 Å². The highest BCUT2D eigenvalue weighted by Gasteiger charge is 2.39. The Morgan fingerprint density at radius 3 is 2.96 bits per heavy atom. The number of hydrogen-bond acceptors (Lipinski definition) is 3. The van der Waals surface area contributed by atoms with E-state index in [1.165, 1.54) is 4.88 Å². The van der Waals surface area contributed by atoms with Crippen molar-refractivity contribution in [2.75, 3.05) is 6.61 Å². The lowest BCUT2D eigenvalue weighted by Gasteiger charge is -2.30. The van der Waals surface area contributed by atoms with Gasteiger partial charge in [0.2, 0.25) is 0 Å². The first-order chi connectivity index (χ1) is 11.4. The Labute approximate surface area is 147 Å². The van der Waals surface area contributed by atoms with E-state index in [-0.39, 0.29) is 24.0 Å². The van der Waals surface area contributed by atoms with Crippen molar-refractivity contribution < 1.29 is 9.90 Å². The summed E-state index contributed by atoms with van der Waals surface area (Å²) in [7, 11) is 0. The van der Waals surface area contributed by atoms with Crippen LogP contribution in [-0.4, -0.2) is 28.2 Å². The number of nitrogens with zero attached hydrogens (tertiary/aromatic N) is 1. The van der Waals surface area contributed by atoms with Crippen molar-refractivity contribution in [3.63, 3.8) is 0 Å². The second-order valence-corrected chi connectivity index (χ2v) is 8.21. The Balaban J connectivity index is 1.78. The van der Waals surface area contributed by atoms with Gasteiger partial charge in [-0.25, -0.2) is 0 Å². The molecule has 2 aromatic heterocycles. The van der Waals surface area contributed by atoms with Gasteiger partial charge in [-0.05, 0) is 44.2 Å². The zero-order valence-corrected chi connectivity index (χ0v) is 15.4. The molecule has 1 aliphatic rings. The molecule has 1 aliphatic carbocycles. The average Bonchev–Trinajstić information content (AvgIpc) is 3.25.